The second-order valence-electron chi connectivity index (χ2n) is 3.23. The van der Waals surface area contributed by atoms with Crippen LogP contribution in [0.5, 0.6) is 0 Å². The van der Waals surface area contributed by atoms with Gasteiger partial charge in [-0.15, -0.1) is 16.4 Å². The van der Waals surface area contributed by atoms with Crippen molar-refractivity contribution in [3.63, 3.8) is 0 Å². The largest absolute Gasteiger partial charge is 0.463 e. The fourth-order valence-corrected chi connectivity index (χ4v) is 2.50. The van der Waals surface area contributed by atoms with Crippen LogP contribution in [0.25, 0.3) is 0 Å². The fourth-order valence-electron chi connectivity index (χ4n) is 0.831. The summed E-state index contributed by atoms with van der Waals surface area (Å²) >= 11 is 2.37. The molecule has 1 rings (SSSR count). The molecule has 0 aliphatic rings. The topological polar surface area (TPSA) is 87.8 Å². The van der Waals surface area contributed by atoms with Crippen LogP contribution in [0.1, 0.15) is 0 Å². The lowest BCUT2D eigenvalue weighted by Gasteiger charge is -2.03. The first-order valence-corrected chi connectivity index (χ1v) is 6.59. The minimum Gasteiger partial charge on any atom is -0.463 e. The maximum absolute atomic E-state index is 11.4. The van der Waals surface area contributed by atoms with Crippen LogP contribution in [-0.2, 0) is 0 Å². The second kappa shape index (κ2) is 6.36. The van der Waals surface area contributed by atoms with E-state index in [-0.39, 0.29) is 4.80 Å². The molecule has 0 radical (unpaired) electrons. The molecule has 1 heterocycles. The van der Waals surface area contributed by atoms with Crippen molar-refractivity contribution < 1.29 is 14.7 Å². The molecular weight excluding hydrogens is 276 g/mol. The van der Waals surface area contributed by atoms with Gasteiger partial charge in [-0.2, -0.15) is 4.99 Å². The van der Waals surface area contributed by atoms with E-state index >= 15 is 0 Å². The maximum Gasteiger partial charge on any atom is 0.434 e. The number of carbonyl (C=O) groups is 2. The summed E-state index contributed by atoms with van der Waals surface area (Å²) in [5.41, 5.74) is 0. The lowest BCUT2D eigenvalue weighted by molar-refractivity contribution is 0.191. The predicted molar refractivity (Wildman–Crippen MR) is 69.1 cm³/mol. The molecule has 98 valence electrons. The highest BCUT2D eigenvalue weighted by Crippen LogP contribution is 2.17. The first kappa shape index (κ1) is 14.5. The van der Waals surface area contributed by atoms with E-state index in [2.05, 4.69) is 16.7 Å². The van der Waals surface area contributed by atoms with Gasteiger partial charge in [0.2, 0.25) is 4.80 Å². The highest BCUT2D eigenvalue weighted by atomic mass is 32.2. The Morgan fingerprint density at radius 2 is 2.33 bits per heavy atom. The van der Waals surface area contributed by atoms with Gasteiger partial charge in [-0.1, -0.05) is 29.2 Å². The molecule has 1 aromatic rings. The molecule has 0 saturated heterocycles. The zero-order valence-electron chi connectivity index (χ0n) is 9.86. The number of urea groups is 1. The van der Waals surface area contributed by atoms with E-state index in [4.69, 9.17) is 5.11 Å². The Labute approximate surface area is 111 Å². The third kappa shape index (κ3) is 3.70. The monoisotopic (exact) mass is 288 g/mol. The second-order valence-corrected chi connectivity index (χ2v) is 5.46. The molecular formula is C9H12N4O3S2. The number of hydrogen-bond donors (Lipinski definition) is 1. The lowest BCUT2D eigenvalue weighted by Crippen LogP contribution is -2.27. The summed E-state index contributed by atoms with van der Waals surface area (Å²) in [5, 5.41) is 12.8. The van der Waals surface area contributed by atoms with Crippen LogP contribution >= 0.6 is 23.1 Å². The highest BCUT2D eigenvalue weighted by molar-refractivity contribution is 8.01. The van der Waals surface area contributed by atoms with Crippen LogP contribution < -0.4 is 4.80 Å². The molecule has 18 heavy (non-hydrogen) atoms. The zero-order valence-corrected chi connectivity index (χ0v) is 11.5. The molecule has 0 aromatic carbocycles. The van der Waals surface area contributed by atoms with Gasteiger partial charge in [0.05, 0.1) is 0 Å². The minimum absolute atomic E-state index is 0.0350. The highest BCUT2D eigenvalue weighted by Gasteiger charge is 2.12. The van der Waals surface area contributed by atoms with Gasteiger partial charge in [0, 0.05) is 19.8 Å². The van der Waals surface area contributed by atoms with Crippen LogP contribution in [0.3, 0.4) is 0 Å². The van der Waals surface area contributed by atoms with Crippen molar-refractivity contribution >= 4 is 35.2 Å². The van der Waals surface area contributed by atoms with E-state index in [0.717, 1.165) is 11.3 Å². The summed E-state index contributed by atoms with van der Waals surface area (Å²) in [5.74, 6) is 0.605. The molecule has 1 N–H and O–H groups in total. The smallest absolute Gasteiger partial charge is 0.434 e. The summed E-state index contributed by atoms with van der Waals surface area (Å²) in [6.45, 7) is 3.56. The fraction of sp³-hybridized carbons (Fsp3) is 0.333. The Balaban J connectivity index is 3.16. The van der Waals surface area contributed by atoms with E-state index in [0.29, 0.717) is 14.8 Å². The van der Waals surface area contributed by atoms with E-state index in [1.807, 2.05) is 0 Å². The summed E-state index contributed by atoms with van der Waals surface area (Å²) in [4.78, 5) is 27.4. The molecule has 7 nitrogen and oxygen atoms in total. The number of carbonyl (C=O) groups excluding carboxylic acids is 1. The molecule has 0 aliphatic heterocycles. The van der Waals surface area contributed by atoms with Crippen LogP contribution in [0.15, 0.2) is 22.0 Å². The van der Waals surface area contributed by atoms with Crippen molar-refractivity contribution in [3.8, 4) is 0 Å². The Hall–Kier alpha value is -1.61. The molecule has 0 saturated carbocycles. The van der Waals surface area contributed by atoms with Crippen LogP contribution in [0, 0.1) is 0 Å². The summed E-state index contributed by atoms with van der Waals surface area (Å²) in [7, 11) is 3.07. The quantitative estimate of drug-likeness (QED) is 0.669. The normalized spacial score (nSPS) is 11.3. The standard InChI is InChI=1S/C9H12N4O3S2/c1-4-5-17-8-11-13(9(15)16)7(18-8)10-6(14)12(2)3/h4H,1,5H2,2-3H3,(H,15,16). The van der Waals surface area contributed by atoms with Gasteiger partial charge in [0.25, 0.3) is 0 Å². The average Bonchev–Trinajstić information content (AvgIpc) is 2.69. The maximum atomic E-state index is 11.4. The summed E-state index contributed by atoms with van der Waals surface area (Å²) in [6, 6.07) is -0.533. The molecule has 9 heteroatoms. The van der Waals surface area contributed by atoms with Crippen LogP contribution in [0.2, 0.25) is 0 Å². The third-order valence-electron chi connectivity index (χ3n) is 1.62. The molecule has 0 bridgehead atoms. The Kier molecular flexibility index (Phi) is 5.10. The Morgan fingerprint density at radius 1 is 1.67 bits per heavy atom. The van der Waals surface area contributed by atoms with Gasteiger partial charge in [-0.3, -0.25) is 0 Å². The van der Waals surface area contributed by atoms with Crippen molar-refractivity contribution in [3.05, 3.63) is 17.5 Å². The average molecular weight is 288 g/mol. The van der Waals surface area contributed by atoms with E-state index in [9.17, 15) is 9.59 Å². The predicted octanol–water partition coefficient (Wildman–Crippen LogP) is 1.33. The van der Waals surface area contributed by atoms with E-state index in [1.54, 1.807) is 6.08 Å². The Morgan fingerprint density at radius 3 is 2.83 bits per heavy atom. The number of rotatable bonds is 3. The molecule has 1 aromatic heterocycles. The van der Waals surface area contributed by atoms with Gasteiger partial charge >= 0.3 is 12.1 Å². The van der Waals surface area contributed by atoms with Crippen molar-refractivity contribution in [2.45, 2.75) is 4.34 Å². The Bertz CT molecular complexity index is 532. The van der Waals surface area contributed by atoms with Crippen molar-refractivity contribution in [2.24, 2.45) is 4.99 Å². The molecule has 0 atom stereocenters. The zero-order chi connectivity index (χ0) is 13.7. The number of hydrogen-bond acceptors (Lipinski definition) is 5. The minimum atomic E-state index is -1.28. The molecule has 0 spiro atoms. The van der Waals surface area contributed by atoms with Crippen molar-refractivity contribution in [2.75, 3.05) is 19.8 Å². The SMILES string of the molecule is C=CCSc1nn(C(=O)O)c(=NC(=O)N(C)C)s1. The van der Waals surface area contributed by atoms with Gasteiger partial charge in [-0.25, -0.2) is 9.59 Å². The first-order chi connectivity index (χ1) is 8.45. The van der Waals surface area contributed by atoms with Gasteiger partial charge in [0.15, 0.2) is 4.34 Å². The number of nitrogens with zero attached hydrogens (tertiary/aromatic N) is 4. The van der Waals surface area contributed by atoms with Gasteiger partial charge < -0.3 is 10.0 Å². The molecule has 0 unspecified atom stereocenters. The van der Waals surface area contributed by atoms with Crippen LogP contribution in [-0.4, -0.2) is 51.8 Å². The summed E-state index contributed by atoms with van der Waals surface area (Å²) in [6.07, 6.45) is 0.404. The van der Waals surface area contributed by atoms with E-state index in [1.165, 1.54) is 30.8 Å². The van der Waals surface area contributed by atoms with Crippen molar-refractivity contribution in [1.82, 2.24) is 14.7 Å². The van der Waals surface area contributed by atoms with Crippen molar-refractivity contribution in [1.29, 1.82) is 0 Å². The van der Waals surface area contributed by atoms with E-state index < -0.39 is 12.1 Å². The number of carboxylic acid groups (broad SMARTS) is 1. The third-order valence-corrected chi connectivity index (χ3v) is 3.66. The number of amides is 2. The van der Waals surface area contributed by atoms with Gasteiger partial charge in [-0.05, 0) is 0 Å². The van der Waals surface area contributed by atoms with Gasteiger partial charge in [0.1, 0.15) is 0 Å². The number of thioether (sulfide) groups is 1. The lowest BCUT2D eigenvalue weighted by atomic mass is 10.8. The molecule has 0 fully saturated rings. The molecule has 2 amide bonds. The molecule has 0 aliphatic carbocycles. The first-order valence-electron chi connectivity index (χ1n) is 4.79. The summed E-state index contributed by atoms with van der Waals surface area (Å²) < 4.78 is 1.21. The van der Waals surface area contributed by atoms with Crippen LogP contribution in [0.4, 0.5) is 9.59 Å². The number of aromatic nitrogens is 2.